The minimum absolute atomic E-state index is 0.0834. The maximum Gasteiger partial charge on any atom is 0.322 e. The molecule has 0 atom stereocenters. The number of hydrogen-bond donors (Lipinski definition) is 2. The predicted octanol–water partition coefficient (Wildman–Crippen LogP) is 3.74. The van der Waals surface area contributed by atoms with Gasteiger partial charge in [0, 0.05) is 12.6 Å². The monoisotopic (exact) mass is 374 g/mol. The van der Waals surface area contributed by atoms with E-state index in [1.165, 1.54) is 11.2 Å². The first-order valence-corrected chi connectivity index (χ1v) is 9.03. The van der Waals surface area contributed by atoms with Crippen LogP contribution in [0.25, 0.3) is 0 Å². The van der Waals surface area contributed by atoms with Crippen LogP contribution in [0.2, 0.25) is 0 Å². The topological polar surface area (TPSA) is 96.7 Å². The average molecular weight is 374 g/mol. The summed E-state index contributed by atoms with van der Waals surface area (Å²) >= 11 is 0. The summed E-state index contributed by atoms with van der Waals surface area (Å²) < 4.78 is 9.95. The lowest BCUT2D eigenvalue weighted by molar-refractivity contribution is -0.116. The number of urea groups is 1. The molecule has 146 valence electrons. The molecule has 0 saturated carbocycles. The highest BCUT2D eigenvalue weighted by Gasteiger charge is 2.19. The summed E-state index contributed by atoms with van der Waals surface area (Å²) in [6.07, 6.45) is 5.38. The highest BCUT2D eigenvalue weighted by Crippen LogP contribution is 2.23. The molecule has 0 unspecified atom stereocenters. The van der Waals surface area contributed by atoms with Gasteiger partial charge in [0.05, 0.1) is 12.8 Å². The van der Waals surface area contributed by atoms with Crippen LogP contribution in [0.4, 0.5) is 16.3 Å². The Bertz CT molecular complexity index is 718. The molecule has 3 amide bonds. The van der Waals surface area contributed by atoms with Gasteiger partial charge in [-0.15, -0.1) is 0 Å². The predicted molar refractivity (Wildman–Crippen MR) is 103 cm³/mol. The number of benzene rings is 1. The van der Waals surface area contributed by atoms with Gasteiger partial charge in [0.2, 0.25) is 5.91 Å². The van der Waals surface area contributed by atoms with Gasteiger partial charge in [-0.1, -0.05) is 43.5 Å². The fourth-order valence-electron chi connectivity index (χ4n) is 2.56. The Balaban J connectivity index is 2.00. The highest BCUT2D eigenvalue weighted by atomic mass is 16.5. The van der Waals surface area contributed by atoms with Gasteiger partial charge in [-0.05, 0) is 18.6 Å². The minimum Gasteiger partial charge on any atom is -0.495 e. The molecule has 1 aromatic carbocycles. The first-order chi connectivity index (χ1) is 13.1. The number of para-hydroxylation sites is 2. The number of anilines is 2. The van der Waals surface area contributed by atoms with Crippen molar-refractivity contribution in [1.82, 2.24) is 10.1 Å². The number of hydrogen-bond acceptors (Lipinski definition) is 5. The van der Waals surface area contributed by atoms with Crippen LogP contribution in [0, 0.1) is 0 Å². The molecule has 0 aliphatic heterocycles. The summed E-state index contributed by atoms with van der Waals surface area (Å²) in [6, 6.07) is 8.33. The Morgan fingerprint density at radius 2 is 1.96 bits per heavy atom. The molecule has 0 spiro atoms. The molecule has 0 radical (unpaired) electrons. The summed E-state index contributed by atoms with van der Waals surface area (Å²) in [5, 5.41) is 9.06. The van der Waals surface area contributed by atoms with E-state index in [0.29, 0.717) is 23.8 Å². The van der Waals surface area contributed by atoms with Crippen LogP contribution in [-0.4, -0.2) is 42.2 Å². The molecular weight excluding hydrogens is 348 g/mol. The highest BCUT2D eigenvalue weighted by molar-refractivity contribution is 5.97. The Labute approximate surface area is 158 Å². The smallest absolute Gasteiger partial charge is 0.322 e. The van der Waals surface area contributed by atoms with Crippen LogP contribution >= 0.6 is 0 Å². The second kappa shape index (κ2) is 10.8. The Morgan fingerprint density at radius 3 is 2.67 bits per heavy atom. The molecule has 8 nitrogen and oxygen atoms in total. The van der Waals surface area contributed by atoms with Gasteiger partial charge >= 0.3 is 6.03 Å². The summed E-state index contributed by atoms with van der Waals surface area (Å²) in [4.78, 5) is 26.5. The van der Waals surface area contributed by atoms with E-state index in [0.717, 1.165) is 25.7 Å². The maximum absolute atomic E-state index is 12.7. The number of carbonyl (C=O) groups is 2. The van der Waals surface area contributed by atoms with Crippen molar-refractivity contribution >= 4 is 23.4 Å². The van der Waals surface area contributed by atoms with Crippen molar-refractivity contribution in [1.29, 1.82) is 0 Å². The zero-order valence-electron chi connectivity index (χ0n) is 15.7. The normalized spacial score (nSPS) is 10.3. The number of unbranched alkanes of at least 4 members (excludes halogenated alkanes) is 3. The van der Waals surface area contributed by atoms with Crippen molar-refractivity contribution in [3.63, 3.8) is 0 Å². The lowest BCUT2D eigenvalue weighted by Crippen LogP contribution is -2.41. The Kier molecular flexibility index (Phi) is 8.15. The lowest BCUT2D eigenvalue weighted by atomic mass is 10.2. The number of methoxy groups -OCH3 is 1. The summed E-state index contributed by atoms with van der Waals surface area (Å²) in [5.41, 5.74) is 0.556. The van der Waals surface area contributed by atoms with E-state index in [1.54, 1.807) is 31.4 Å². The van der Waals surface area contributed by atoms with Crippen LogP contribution in [0.15, 0.2) is 41.1 Å². The summed E-state index contributed by atoms with van der Waals surface area (Å²) in [7, 11) is 1.54. The number of ether oxygens (including phenoxy) is 1. The third kappa shape index (κ3) is 6.65. The van der Waals surface area contributed by atoms with Crippen molar-refractivity contribution < 1.29 is 18.8 Å². The van der Waals surface area contributed by atoms with Crippen molar-refractivity contribution in [2.24, 2.45) is 0 Å². The first kappa shape index (κ1) is 20.3. The zero-order valence-corrected chi connectivity index (χ0v) is 15.7. The van der Waals surface area contributed by atoms with E-state index in [-0.39, 0.29) is 18.5 Å². The second-order valence-electron chi connectivity index (χ2n) is 6.05. The molecule has 27 heavy (non-hydrogen) atoms. The van der Waals surface area contributed by atoms with E-state index in [4.69, 9.17) is 9.26 Å². The van der Waals surface area contributed by atoms with Crippen LogP contribution < -0.4 is 15.4 Å². The van der Waals surface area contributed by atoms with Crippen molar-refractivity contribution in [2.75, 3.05) is 30.8 Å². The zero-order chi connectivity index (χ0) is 19.5. The molecule has 0 aliphatic carbocycles. The third-order valence-electron chi connectivity index (χ3n) is 3.96. The first-order valence-electron chi connectivity index (χ1n) is 9.03. The average Bonchev–Trinajstić information content (AvgIpc) is 3.17. The van der Waals surface area contributed by atoms with E-state index < -0.39 is 0 Å². The van der Waals surface area contributed by atoms with Gasteiger partial charge in [-0.3, -0.25) is 4.79 Å². The van der Waals surface area contributed by atoms with E-state index in [2.05, 4.69) is 22.7 Å². The number of aromatic nitrogens is 1. The molecule has 1 heterocycles. The van der Waals surface area contributed by atoms with Gasteiger partial charge < -0.3 is 24.8 Å². The van der Waals surface area contributed by atoms with Gasteiger partial charge in [-0.25, -0.2) is 4.79 Å². The number of nitrogens with zero attached hydrogens (tertiary/aromatic N) is 2. The quantitative estimate of drug-likeness (QED) is 0.618. The second-order valence-corrected chi connectivity index (χ2v) is 6.05. The van der Waals surface area contributed by atoms with Gasteiger partial charge in [0.25, 0.3) is 0 Å². The number of rotatable bonds is 10. The van der Waals surface area contributed by atoms with Crippen LogP contribution in [0.5, 0.6) is 5.75 Å². The van der Waals surface area contributed by atoms with Crippen molar-refractivity contribution in [2.45, 2.75) is 32.6 Å². The molecule has 8 heteroatoms. The van der Waals surface area contributed by atoms with Crippen LogP contribution in [-0.2, 0) is 4.79 Å². The van der Waals surface area contributed by atoms with Crippen LogP contribution in [0.1, 0.15) is 32.6 Å². The van der Waals surface area contributed by atoms with E-state index >= 15 is 0 Å². The molecule has 0 saturated heterocycles. The molecule has 0 bridgehead atoms. The molecule has 1 aromatic heterocycles. The molecular formula is C19H26N4O4. The lowest BCUT2D eigenvalue weighted by Gasteiger charge is -2.23. The van der Waals surface area contributed by atoms with Crippen molar-refractivity contribution in [3.05, 3.63) is 36.6 Å². The third-order valence-corrected chi connectivity index (χ3v) is 3.96. The summed E-state index contributed by atoms with van der Waals surface area (Å²) in [5.74, 6) is 0.537. The van der Waals surface area contributed by atoms with Gasteiger partial charge in [0.15, 0.2) is 5.82 Å². The van der Waals surface area contributed by atoms with E-state index in [1.807, 2.05) is 6.07 Å². The molecule has 0 fully saturated rings. The Hall–Kier alpha value is -3.03. The minimum atomic E-state index is -0.355. The fourth-order valence-corrected chi connectivity index (χ4v) is 2.56. The number of nitrogens with one attached hydrogen (secondary N) is 2. The van der Waals surface area contributed by atoms with Gasteiger partial charge in [-0.2, -0.15) is 0 Å². The largest absolute Gasteiger partial charge is 0.495 e. The van der Waals surface area contributed by atoms with Crippen molar-refractivity contribution in [3.8, 4) is 5.75 Å². The van der Waals surface area contributed by atoms with E-state index in [9.17, 15) is 9.59 Å². The molecule has 0 aliphatic rings. The van der Waals surface area contributed by atoms with Crippen LogP contribution in [0.3, 0.4) is 0 Å². The summed E-state index contributed by atoms with van der Waals surface area (Å²) in [6.45, 7) is 2.52. The SMILES string of the molecule is CCCCCCN(CC(=O)Nc1ccon1)C(=O)Nc1ccccc1OC. The molecule has 2 rings (SSSR count). The number of carbonyl (C=O) groups excluding carboxylic acids is 2. The number of amides is 3. The molecule has 2 N–H and O–H groups in total. The molecule has 2 aromatic rings. The fraction of sp³-hybridized carbons (Fsp3) is 0.421. The maximum atomic E-state index is 12.7. The van der Waals surface area contributed by atoms with Gasteiger partial charge in [0.1, 0.15) is 18.6 Å². The standard InChI is InChI=1S/C19H26N4O4/c1-3-4-5-8-12-23(14-18(24)21-17-11-13-27-22-17)19(25)20-15-9-6-7-10-16(15)26-2/h6-7,9-11,13H,3-5,8,12,14H2,1-2H3,(H,20,25)(H,21,22,24). The Morgan fingerprint density at radius 1 is 1.15 bits per heavy atom.